The lowest BCUT2D eigenvalue weighted by atomic mass is 10.0. The minimum atomic E-state index is 0.213. The average Bonchev–Trinajstić information content (AvgIpc) is 2.68. The smallest absolute Gasteiger partial charge is 0.0464 e. The third kappa shape index (κ3) is 3.64. The van der Waals surface area contributed by atoms with Crippen LogP contribution in [0.4, 0.5) is 0 Å². The molecule has 2 rings (SSSR count). The van der Waals surface area contributed by atoms with Crippen LogP contribution in [0.25, 0.3) is 0 Å². The highest BCUT2D eigenvalue weighted by molar-refractivity contribution is 9.10. The van der Waals surface area contributed by atoms with Gasteiger partial charge in [0.2, 0.25) is 0 Å². The Morgan fingerprint density at radius 3 is 2.30 bits per heavy atom. The van der Waals surface area contributed by atoms with Crippen LogP contribution in [0.2, 0.25) is 5.02 Å². The van der Waals surface area contributed by atoms with Gasteiger partial charge in [-0.1, -0.05) is 33.6 Å². The fraction of sp³-hybridized carbons (Fsp3) is 0.375. The fourth-order valence-corrected chi connectivity index (χ4v) is 4.35. The molecule has 2 unspecified atom stereocenters. The highest BCUT2D eigenvalue weighted by Gasteiger charge is 2.16. The van der Waals surface area contributed by atoms with E-state index in [-0.39, 0.29) is 6.04 Å². The SMILES string of the molecule is Cc1cc(C(C)NC(C)c2ccc(Br)cc2Cl)c(C)s1. The first kappa shape index (κ1) is 16.0. The Morgan fingerprint density at radius 2 is 1.75 bits per heavy atom. The lowest BCUT2D eigenvalue weighted by molar-refractivity contribution is 0.494. The van der Waals surface area contributed by atoms with Gasteiger partial charge in [0.05, 0.1) is 0 Å². The van der Waals surface area contributed by atoms with Crippen LogP contribution in [0.1, 0.15) is 46.8 Å². The van der Waals surface area contributed by atoms with E-state index >= 15 is 0 Å². The van der Waals surface area contributed by atoms with Crippen molar-refractivity contribution in [2.24, 2.45) is 0 Å². The second kappa shape index (κ2) is 6.61. The van der Waals surface area contributed by atoms with Crippen molar-refractivity contribution >= 4 is 38.9 Å². The van der Waals surface area contributed by atoms with E-state index in [1.807, 2.05) is 23.5 Å². The van der Waals surface area contributed by atoms with Crippen molar-refractivity contribution in [1.82, 2.24) is 5.32 Å². The first-order chi connectivity index (χ1) is 9.38. The van der Waals surface area contributed by atoms with Gasteiger partial charge in [0.25, 0.3) is 0 Å². The minimum absolute atomic E-state index is 0.213. The van der Waals surface area contributed by atoms with Crippen molar-refractivity contribution in [2.45, 2.75) is 39.8 Å². The van der Waals surface area contributed by atoms with E-state index in [0.717, 1.165) is 15.1 Å². The van der Waals surface area contributed by atoms with Gasteiger partial charge in [-0.25, -0.2) is 0 Å². The van der Waals surface area contributed by atoms with Crippen LogP contribution < -0.4 is 5.32 Å². The molecule has 20 heavy (non-hydrogen) atoms. The van der Waals surface area contributed by atoms with Crippen LogP contribution >= 0.6 is 38.9 Å². The molecule has 0 aliphatic rings. The van der Waals surface area contributed by atoms with Crippen LogP contribution in [0.5, 0.6) is 0 Å². The average molecular weight is 373 g/mol. The molecule has 1 aromatic carbocycles. The van der Waals surface area contributed by atoms with Crippen LogP contribution in [0, 0.1) is 13.8 Å². The van der Waals surface area contributed by atoms with E-state index in [2.05, 4.69) is 61.1 Å². The van der Waals surface area contributed by atoms with Crippen LogP contribution in [-0.2, 0) is 0 Å². The van der Waals surface area contributed by atoms with E-state index in [1.165, 1.54) is 15.3 Å². The van der Waals surface area contributed by atoms with Crippen molar-refractivity contribution < 1.29 is 0 Å². The topological polar surface area (TPSA) is 12.0 Å². The molecule has 108 valence electrons. The number of aryl methyl sites for hydroxylation is 2. The van der Waals surface area contributed by atoms with Crippen molar-refractivity contribution in [3.8, 4) is 0 Å². The van der Waals surface area contributed by atoms with E-state index < -0.39 is 0 Å². The van der Waals surface area contributed by atoms with E-state index in [0.29, 0.717) is 6.04 Å². The van der Waals surface area contributed by atoms with Crippen molar-refractivity contribution in [3.63, 3.8) is 0 Å². The van der Waals surface area contributed by atoms with Crippen LogP contribution in [0.3, 0.4) is 0 Å². The Labute approximate surface area is 138 Å². The number of nitrogens with one attached hydrogen (secondary N) is 1. The van der Waals surface area contributed by atoms with Crippen molar-refractivity contribution in [3.05, 3.63) is 54.6 Å². The van der Waals surface area contributed by atoms with Gasteiger partial charge in [0.1, 0.15) is 0 Å². The molecule has 0 radical (unpaired) electrons. The number of hydrogen-bond donors (Lipinski definition) is 1. The number of hydrogen-bond acceptors (Lipinski definition) is 2. The molecule has 0 aliphatic heterocycles. The zero-order valence-electron chi connectivity index (χ0n) is 12.1. The second-order valence-electron chi connectivity index (χ2n) is 5.14. The zero-order valence-corrected chi connectivity index (χ0v) is 15.3. The maximum Gasteiger partial charge on any atom is 0.0464 e. The molecule has 4 heteroatoms. The molecule has 0 spiro atoms. The Kier molecular flexibility index (Phi) is 5.30. The van der Waals surface area contributed by atoms with Gasteiger partial charge in [-0.15, -0.1) is 11.3 Å². The normalized spacial score (nSPS) is 14.3. The lowest BCUT2D eigenvalue weighted by Crippen LogP contribution is -2.22. The molecule has 0 bridgehead atoms. The molecule has 1 heterocycles. The summed E-state index contributed by atoms with van der Waals surface area (Å²) in [6, 6.07) is 8.85. The highest BCUT2D eigenvalue weighted by Crippen LogP contribution is 2.30. The molecule has 0 saturated carbocycles. The van der Waals surface area contributed by atoms with Crippen LogP contribution in [0.15, 0.2) is 28.7 Å². The third-order valence-electron chi connectivity index (χ3n) is 3.47. The Balaban J connectivity index is 2.14. The minimum Gasteiger partial charge on any atom is -0.304 e. The predicted octanol–water partition coefficient (Wildman–Crippen LogP) is 6.19. The maximum atomic E-state index is 6.32. The summed E-state index contributed by atoms with van der Waals surface area (Å²) in [5.74, 6) is 0. The number of benzene rings is 1. The molecular formula is C16H19BrClNS. The first-order valence-corrected chi connectivity index (χ1v) is 8.65. The lowest BCUT2D eigenvalue weighted by Gasteiger charge is -2.21. The first-order valence-electron chi connectivity index (χ1n) is 6.66. The van der Waals surface area contributed by atoms with Gasteiger partial charge in [0, 0.05) is 31.3 Å². The quantitative estimate of drug-likeness (QED) is 0.674. The summed E-state index contributed by atoms with van der Waals surface area (Å²) in [5, 5.41) is 4.43. The monoisotopic (exact) mass is 371 g/mol. The van der Waals surface area contributed by atoms with Crippen LogP contribution in [-0.4, -0.2) is 0 Å². The number of halogens is 2. The Hall–Kier alpha value is -0.350. The summed E-state index contributed by atoms with van der Waals surface area (Å²) in [7, 11) is 0. The fourth-order valence-electron chi connectivity index (χ4n) is 2.49. The molecule has 1 N–H and O–H groups in total. The van der Waals surface area contributed by atoms with Gasteiger partial charge in [-0.05, 0) is 57.0 Å². The molecule has 0 aliphatic carbocycles. The maximum absolute atomic E-state index is 6.32. The van der Waals surface area contributed by atoms with E-state index in [4.69, 9.17) is 11.6 Å². The summed E-state index contributed by atoms with van der Waals surface area (Å²) < 4.78 is 1.01. The summed E-state index contributed by atoms with van der Waals surface area (Å²) in [5.41, 5.74) is 2.51. The van der Waals surface area contributed by atoms with Gasteiger partial charge in [0.15, 0.2) is 0 Å². The standard InChI is InChI=1S/C16H19BrClNS/c1-9-7-15(12(4)20-9)11(3)19-10(2)14-6-5-13(17)8-16(14)18/h5-8,10-11,19H,1-4H3. The summed E-state index contributed by atoms with van der Waals surface area (Å²) >= 11 is 11.6. The summed E-state index contributed by atoms with van der Waals surface area (Å²) in [4.78, 5) is 2.75. The highest BCUT2D eigenvalue weighted by atomic mass is 79.9. The number of thiophene rings is 1. The Bertz CT molecular complexity index is 609. The van der Waals surface area contributed by atoms with E-state index in [1.54, 1.807) is 0 Å². The third-order valence-corrected chi connectivity index (χ3v) is 5.28. The largest absolute Gasteiger partial charge is 0.304 e. The summed E-state index contributed by atoms with van der Waals surface area (Å²) in [6.45, 7) is 8.70. The Morgan fingerprint density at radius 1 is 1.10 bits per heavy atom. The molecule has 0 amide bonds. The van der Waals surface area contributed by atoms with Gasteiger partial charge >= 0.3 is 0 Å². The molecule has 2 atom stereocenters. The van der Waals surface area contributed by atoms with Gasteiger partial charge in [-0.3, -0.25) is 0 Å². The van der Waals surface area contributed by atoms with Crippen molar-refractivity contribution in [1.29, 1.82) is 0 Å². The van der Waals surface area contributed by atoms with Gasteiger partial charge in [-0.2, -0.15) is 0 Å². The predicted molar refractivity (Wildman–Crippen MR) is 92.9 cm³/mol. The van der Waals surface area contributed by atoms with E-state index in [9.17, 15) is 0 Å². The molecule has 1 nitrogen and oxygen atoms in total. The molecule has 2 aromatic rings. The molecule has 0 saturated heterocycles. The second-order valence-corrected chi connectivity index (χ2v) is 7.93. The zero-order chi connectivity index (χ0) is 14.9. The summed E-state index contributed by atoms with van der Waals surface area (Å²) in [6.07, 6.45) is 0. The molecule has 1 aromatic heterocycles. The molecule has 0 fully saturated rings. The van der Waals surface area contributed by atoms with Crippen molar-refractivity contribution in [2.75, 3.05) is 0 Å². The molecular weight excluding hydrogens is 354 g/mol. The number of rotatable bonds is 4. The van der Waals surface area contributed by atoms with Gasteiger partial charge < -0.3 is 5.32 Å².